The van der Waals surface area contributed by atoms with Crippen LogP contribution in [0.2, 0.25) is 0 Å². The molecule has 228 valence electrons. The number of aliphatic hydroxyl groups is 2. The van der Waals surface area contributed by atoms with Gasteiger partial charge in [0.15, 0.2) is 6.29 Å². The molecule has 4 N–H and O–H groups in total. The summed E-state index contributed by atoms with van der Waals surface area (Å²) in [7, 11) is 0. The summed E-state index contributed by atoms with van der Waals surface area (Å²) in [6.07, 6.45) is 0.812. The molecule has 9 nitrogen and oxygen atoms in total. The number of carboxylic acids is 1. The normalized spacial score (nSPS) is 22.4. The van der Waals surface area contributed by atoms with E-state index in [1.54, 1.807) is 0 Å². The first-order valence-corrected chi connectivity index (χ1v) is 15.0. The number of likely N-dealkylation sites (tertiary alicyclic amines) is 1. The predicted molar refractivity (Wildman–Crippen MR) is 161 cm³/mol. The van der Waals surface area contributed by atoms with Crippen molar-refractivity contribution in [2.75, 3.05) is 19.6 Å². The lowest BCUT2D eigenvalue weighted by atomic mass is 9.97. The maximum atomic E-state index is 12.2. The Bertz CT molecular complexity index is 1360. The van der Waals surface area contributed by atoms with Crippen LogP contribution in [0.4, 0.5) is 0 Å². The summed E-state index contributed by atoms with van der Waals surface area (Å²) in [4.78, 5) is 25.2. The number of rotatable bonds is 12. The summed E-state index contributed by atoms with van der Waals surface area (Å²) in [6.45, 7) is 2.56. The van der Waals surface area contributed by atoms with E-state index < -0.39 is 12.3 Å². The maximum Gasteiger partial charge on any atom is 0.303 e. The van der Waals surface area contributed by atoms with Crippen LogP contribution in [0.15, 0.2) is 72.8 Å². The second-order valence-electron chi connectivity index (χ2n) is 11.4. The van der Waals surface area contributed by atoms with Gasteiger partial charge in [0.05, 0.1) is 24.9 Å². The third-order valence-corrected chi connectivity index (χ3v) is 8.11. The minimum atomic E-state index is -0.903. The molecule has 2 fully saturated rings. The molecule has 3 aromatic rings. The van der Waals surface area contributed by atoms with Crippen molar-refractivity contribution in [3.05, 3.63) is 95.1 Å². The summed E-state index contributed by atoms with van der Waals surface area (Å²) in [5.74, 6) is -1.07. The smallest absolute Gasteiger partial charge is 0.303 e. The largest absolute Gasteiger partial charge is 0.481 e. The van der Waals surface area contributed by atoms with Crippen LogP contribution in [0.5, 0.6) is 0 Å². The molecule has 1 amide bonds. The van der Waals surface area contributed by atoms with Crippen LogP contribution in [0.25, 0.3) is 11.1 Å². The molecular weight excluding hydrogens is 548 g/mol. The van der Waals surface area contributed by atoms with Gasteiger partial charge >= 0.3 is 5.97 Å². The Morgan fingerprint density at radius 2 is 1.67 bits per heavy atom. The molecule has 2 aliphatic heterocycles. The fraction of sp³-hybridized carbons (Fsp3) is 0.412. The number of aliphatic carboxylic acids is 1. The van der Waals surface area contributed by atoms with Gasteiger partial charge in [-0.25, -0.2) is 0 Å². The number of ether oxygens (including phenoxy) is 2. The van der Waals surface area contributed by atoms with Crippen LogP contribution in [-0.2, 0) is 32.2 Å². The van der Waals surface area contributed by atoms with Gasteiger partial charge in [-0.1, -0.05) is 72.8 Å². The number of β-amino-alcohol motifs (C(OH)–C–C–N with tert-alkyl or cyclic N) is 1. The molecule has 0 radical (unpaired) electrons. The maximum absolute atomic E-state index is 12.2. The molecule has 0 unspecified atom stereocenters. The van der Waals surface area contributed by atoms with Crippen LogP contribution in [0, 0.1) is 0 Å². The Morgan fingerprint density at radius 1 is 0.930 bits per heavy atom. The third-order valence-electron chi connectivity index (χ3n) is 8.11. The van der Waals surface area contributed by atoms with E-state index in [1.165, 1.54) is 0 Å². The van der Waals surface area contributed by atoms with Crippen LogP contribution in [-0.4, -0.2) is 63.9 Å². The molecule has 9 heteroatoms. The topological polar surface area (TPSA) is 129 Å². The van der Waals surface area contributed by atoms with Crippen LogP contribution < -0.4 is 5.32 Å². The van der Waals surface area contributed by atoms with Crippen molar-refractivity contribution in [1.82, 2.24) is 10.2 Å². The van der Waals surface area contributed by atoms with Crippen molar-refractivity contribution in [3.63, 3.8) is 0 Å². The van der Waals surface area contributed by atoms with Gasteiger partial charge in [-0.2, -0.15) is 0 Å². The van der Waals surface area contributed by atoms with Gasteiger partial charge in [0.2, 0.25) is 5.91 Å². The van der Waals surface area contributed by atoms with Crippen LogP contribution >= 0.6 is 0 Å². The third kappa shape index (κ3) is 8.49. The minimum Gasteiger partial charge on any atom is -0.481 e. The van der Waals surface area contributed by atoms with E-state index >= 15 is 0 Å². The van der Waals surface area contributed by atoms with Crippen molar-refractivity contribution < 1.29 is 34.4 Å². The van der Waals surface area contributed by atoms with Crippen molar-refractivity contribution in [2.45, 2.75) is 69.9 Å². The van der Waals surface area contributed by atoms with Gasteiger partial charge < -0.3 is 30.1 Å². The van der Waals surface area contributed by atoms with E-state index in [4.69, 9.17) is 14.6 Å². The van der Waals surface area contributed by atoms with Crippen molar-refractivity contribution in [2.24, 2.45) is 0 Å². The molecule has 0 aromatic heterocycles. The zero-order valence-electron chi connectivity index (χ0n) is 24.2. The van der Waals surface area contributed by atoms with E-state index in [-0.39, 0.29) is 43.7 Å². The fourth-order valence-electron chi connectivity index (χ4n) is 5.76. The quantitative estimate of drug-likeness (QED) is 0.246. The molecule has 0 saturated carbocycles. The minimum absolute atomic E-state index is 0.00785. The van der Waals surface area contributed by atoms with E-state index in [2.05, 4.69) is 10.2 Å². The molecular formula is C34H40N2O7. The van der Waals surface area contributed by atoms with Crippen molar-refractivity contribution in [3.8, 4) is 11.1 Å². The van der Waals surface area contributed by atoms with E-state index in [0.29, 0.717) is 25.9 Å². The Kier molecular flexibility index (Phi) is 10.6. The highest BCUT2D eigenvalue weighted by Gasteiger charge is 2.34. The van der Waals surface area contributed by atoms with Gasteiger partial charge in [0, 0.05) is 51.0 Å². The highest BCUT2D eigenvalue weighted by Crippen LogP contribution is 2.39. The molecule has 2 saturated heterocycles. The van der Waals surface area contributed by atoms with Gasteiger partial charge in [-0.3, -0.25) is 14.5 Å². The SMILES string of the molecule is O=C(O)CCCC(=O)NCc1ccccc1-c1ccc([C@H]2O[C@@H](CN3CC[C@H](O)C3)C[C@@H](c3ccc(CO)cc3)O2)cc1. The van der Waals surface area contributed by atoms with Gasteiger partial charge in [0.1, 0.15) is 0 Å². The molecule has 2 heterocycles. The van der Waals surface area contributed by atoms with Crippen molar-refractivity contribution >= 4 is 11.9 Å². The number of aliphatic hydroxyl groups excluding tert-OH is 2. The number of benzene rings is 3. The summed E-state index contributed by atoms with van der Waals surface area (Å²) >= 11 is 0. The Morgan fingerprint density at radius 3 is 2.37 bits per heavy atom. The van der Waals surface area contributed by atoms with E-state index in [1.807, 2.05) is 72.8 Å². The standard InChI is InChI=1S/C34H40N2O7/c37-22-23-8-10-25(11-9-23)31-18-29(21-36-17-16-28(38)20-36)42-34(43-31)26-14-12-24(13-15-26)30-5-2-1-4-27(30)19-35-32(39)6-3-7-33(40)41/h1-2,4-5,8-15,28-29,31,34,37-38H,3,6-7,16-22H2,(H,35,39)(H,40,41)/t28-,29+,31-,34-/m0/s1. The second-order valence-corrected chi connectivity index (χ2v) is 11.4. The Balaban J connectivity index is 1.29. The van der Waals surface area contributed by atoms with Crippen LogP contribution in [0.1, 0.15) is 66.8 Å². The lowest BCUT2D eigenvalue weighted by Gasteiger charge is -2.38. The molecule has 5 rings (SSSR count). The summed E-state index contributed by atoms with van der Waals surface area (Å²) in [5.41, 5.74) is 5.74. The zero-order valence-corrected chi connectivity index (χ0v) is 24.2. The number of hydrogen-bond acceptors (Lipinski definition) is 7. The Labute approximate surface area is 252 Å². The van der Waals surface area contributed by atoms with Gasteiger partial charge in [-0.05, 0) is 40.7 Å². The lowest BCUT2D eigenvalue weighted by Crippen LogP contribution is -2.38. The number of nitrogens with zero attached hydrogens (tertiary/aromatic N) is 1. The zero-order chi connectivity index (χ0) is 30.2. The van der Waals surface area contributed by atoms with Crippen molar-refractivity contribution in [1.29, 1.82) is 0 Å². The Hall–Kier alpha value is -3.60. The number of carbonyl (C=O) groups is 2. The molecule has 2 aliphatic rings. The first kappa shape index (κ1) is 30.8. The summed E-state index contributed by atoms with van der Waals surface area (Å²) in [6, 6.07) is 23.8. The lowest BCUT2D eigenvalue weighted by molar-refractivity contribution is -0.252. The monoisotopic (exact) mass is 588 g/mol. The summed E-state index contributed by atoms with van der Waals surface area (Å²) in [5, 5.41) is 31.2. The number of amides is 1. The molecule has 0 spiro atoms. The van der Waals surface area contributed by atoms with E-state index in [9.17, 15) is 19.8 Å². The molecule has 43 heavy (non-hydrogen) atoms. The average Bonchev–Trinajstić information content (AvgIpc) is 3.44. The number of nitrogens with one attached hydrogen (secondary N) is 1. The number of carbonyl (C=O) groups excluding carboxylic acids is 1. The van der Waals surface area contributed by atoms with Gasteiger partial charge in [0.25, 0.3) is 0 Å². The fourth-order valence-corrected chi connectivity index (χ4v) is 5.76. The highest BCUT2D eigenvalue weighted by molar-refractivity contribution is 5.77. The molecule has 4 atom stereocenters. The molecule has 0 bridgehead atoms. The average molecular weight is 589 g/mol. The van der Waals surface area contributed by atoms with Gasteiger partial charge in [-0.15, -0.1) is 0 Å². The number of carboxylic acid groups (broad SMARTS) is 1. The predicted octanol–water partition coefficient (Wildman–Crippen LogP) is 4.33. The molecule has 0 aliphatic carbocycles. The van der Waals surface area contributed by atoms with E-state index in [0.717, 1.165) is 52.9 Å². The second kappa shape index (κ2) is 14.7. The highest BCUT2D eigenvalue weighted by atomic mass is 16.7. The van der Waals surface area contributed by atoms with Crippen LogP contribution in [0.3, 0.4) is 0 Å². The molecule has 3 aromatic carbocycles. The first-order chi connectivity index (χ1) is 20.9. The first-order valence-electron chi connectivity index (χ1n) is 15.0. The summed E-state index contributed by atoms with van der Waals surface area (Å²) < 4.78 is 13.0. The number of hydrogen-bond donors (Lipinski definition) is 4.